The number of nitrogens with zero attached hydrogens (tertiary/aromatic N) is 1. The summed E-state index contributed by atoms with van der Waals surface area (Å²) >= 11 is 0. The molecule has 306 valence electrons. The first-order chi connectivity index (χ1) is 30.8. The average molecular weight is 812 g/mol. The van der Waals surface area contributed by atoms with E-state index in [1.54, 1.807) is 5.57 Å². The van der Waals surface area contributed by atoms with Gasteiger partial charge >= 0.3 is 0 Å². The summed E-state index contributed by atoms with van der Waals surface area (Å²) in [5, 5.41) is 0. The van der Waals surface area contributed by atoms with Gasteiger partial charge in [0.1, 0.15) is 0 Å². The first-order valence-electron chi connectivity index (χ1n) is 23.1. The fourth-order valence-electron chi connectivity index (χ4n) is 12.6. The summed E-state index contributed by atoms with van der Waals surface area (Å²) in [4.78, 5) is 2.51. The number of anilines is 3. The van der Waals surface area contributed by atoms with Crippen molar-refractivity contribution in [1.82, 2.24) is 0 Å². The molecule has 4 aliphatic rings. The fraction of sp³-hybridized carbons (Fsp3) is 0.194. The molecule has 0 aliphatic heterocycles. The number of fused-ring (bicyclic) bond motifs is 11. The van der Waals surface area contributed by atoms with E-state index in [-0.39, 0.29) is 10.8 Å². The van der Waals surface area contributed by atoms with E-state index in [1.165, 1.54) is 109 Å². The number of para-hydroxylation sites is 1. The van der Waals surface area contributed by atoms with E-state index in [0.29, 0.717) is 17.8 Å². The largest absolute Gasteiger partial charge is 0.310 e. The Morgan fingerprint density at radius 3 is 1.84 bits per heavy atom. The molecule has 0 amide bonds. The highest BCUT2D eigenvalue weighted by atomic mass is 15.1. The smallest absolute Gasteiger partial charge is 0.0540 e. The van der Waals surface area contributed by atoms with E-state index in [1.807, 2.05) is 0 Å². The van der Waals surface area contributed by atoms with Crippen LogP contribution in [0, 0.1) is 17.8 Å². The van der Waals surface area contributed by atoms with Crippen LogP contribution in [0.5, 0.6) is 0 Å². The highest BCUT2D eigenvalue weighted by Crippen LogP contribution is 2.64. The summed E-state index contributed by atoms with van der Waals surface area (Å²) in [6, 6.07) is 70.8. The molecule has 0 N–H and O–H groups in total. The molecule has 0 heterocycles. The van der Waals surface area contributed by atoms with Gasteiger partial charge in [-0.2, -0.15) is 0 Å². The Labute approximate surface area is 373 Å². The number of allylic oxidation sites excluding steroid dienone is 2. The van der Waals surface area contributed by atoms with Crippen molar-refractivity contribution in [3.63, 3.8) is 0 Å². The lowest BCUT2D eigenvalue weighted by atomic mass is 9.55. The van der Waals surface area contributed by atoms with Gasteiger partial charge in [-0.05, 0) is 153 Å². The summed E-state index contributed by atoms with van der Waals surface area (Å²) in [6.45, 7) is 9.73. The third-order valence-electron chi connectivity index (χ3n) is 15.5. The second-order valence-corrected chi connectivity index (χ2v) is 19.5. The molecule has 4 atom stereocenters. The summed E-state index contributed by atoms with van der Waals surface area (Å²) in [5.74, 6) is 1.86. The van der Waals surface area contributed by atoms with Gasteiger partial charge in [0.15, 0.2) is 0 Å². The van der Waals surface area contributed by atoms with Crippen LogP contribution in [0.2, 0.25) is 0 Å². The lowest BCUT2D eigenvalue weighted by Crippen LogP contribution is -2.42. The average Bonchev–Trinajstić information content (AvgIpc) is 3.73. The van der Waals surface area contributed by atoms with Gasteiger partial charge in [0.25, 0.3) is 0 Å². The fourth-order valence-corrected chi connectivity index (χ4v) is 12.6. The predicted octanol–water partition coefficient (Wildman–Crippen LogP) is 16.7. The van der Waals surface area contributed by atoms with Crippen LogP contribution in [0.1, 0.15) is 69.2 Å². The van der Waals surface area contributed by atoms with E-state index in [0.717, 1.165) is 5.69 Å². The van der Waals surface area contributed by atoms with Gasteiger partial charge in [0, 0.05) is 27.8 Å². The van der Waals surface area contributed by atoms with Gasteiger partial charge in [-0.25, -0.2) is 0 Å². The van der Waals surface area contributed by atoms with Crippen LogP contribution in [0.15, 0.2) is 200 Å². The molecule has 63 heavy (non-hydrogen) atoms. The van der Waals surface area contributed by atoms with Gasteiger partial charge in [-0.3, -0.25) is 0 Å². The minimum atomic E-state index is -0.222. The Balaban J connectivity index is 1.08. The molecule has 2 bridgehead atoms. The van der Waals surface area contributed by atoms with Gasteiger partial charge in [0.2, 0.25) is 0 Å². The maximum atomic E-state index is 2.75. The maximum absolute atomic E-state index is 2.75. The zero-order valence-corrected chi connectivity index (χ0v) is 36.8. The van der Waals surface area contributed by atoms with Crippen molar-refractivity contribution in [2.24, 2.45) is 17.8 Å². The number of benzene rings is 8. The molecule has 1 spiro atoms. The molecule has 1 nitrogen and oxygen atoms in total. The monoisotopic (exact) mass is 811 g/mol. The molecule has 4 unspecified atom stereocenters. The molecule has 0 aromatic heterocycles. The Bertz CT molecular complexity index is 3100. The molecule has 1 saturated carbocycles. The molecule has 1 heteroatoms. The van der Waals surface area contributed by atoms with Gasteiger partial charge < -0.3 is 4.90 Å². The van der Waals surface area contributed by atoms with Crippen molar-refractivity contribution in [3.8, 4) is 55.6 Å². The van der Waals surface area contributed by atoms with Crippen molar-refractivity contribution >= 4 is 17.1 Å². The standard InChI is InChI=1S/C62H53N/c1-40-34-46-36-47(35-40)62(39-41(46)2)56-24-15-22-51(45-28-32-53-52-21-11-13-23-55(52)61(3,4)57(53)37-45)60(56)54-33-31-49(38-58(54)62)63(48-29-26-43(27-30-48)42-16-7-5-8-17-42)59-25-14-12-20-50(59)44-18-9-6-10-19-44/h5-33,37-40,46-47H,34-36H2,1-4H3. The normalized spacial score (nSPS) is 21.0. The minimum Gasteiger partial charge on any atom is -0.310 e. The molecule has 4 aliphatic carbocycles. The minimum absolute atomic E-state index is 0.0663. The number of hydrogen-bond donors (Lipinski definition) is 0. The Morgan fingerprint density at radius 1 is 0.444 bits per heavy atom. The molecule has 8 aromatic carbocycles. The molecular weight excluding hydrogens is 759 g/mol. The van der Waals surface area contributed by atoms with Crippen LogP contribution in [0.4, 0.5) is 17.1 Å². The summed E-state index contributed by atoms with van der Waals surface area (Å²) < 4.78 is 0. The van der Waals surface area contributed by atoms with Crippen molar-refractivity contribution in [2.45, 2.75) is 57.8 Å². The first kappa shape index (κ1) is 38.0. The third-order valence-corrected chi connectivity index (χ3v) is 15.5. The zero-order valence-electron chi connectivity index (χ0n) is 36.8. The van der Waals surface area contributed by atoms with Crippen LogP contribution < -0.4 is 4.90 Å². The van der Waals surface area contributed by atoms with Crippen LogP contribution in [0.25, 0.3) is 55.6 Å². The van der Waals surface area contributed by atoms with Gasteiger partial charge in [-0.15, -0.1) is 0 Å². The van der Waals surface area contributed by atoms with Crippen LogP contribution in [-0.2, 0) is 10.8 Å². The number of rotatable bonds is 6. The SMILES string of the molecule is CC1=CC2(c3cc(N(c4ccc(-c5ccccc5)cc4)c4ccccc4-c4ccccc4)ccc3-c3c(-c4ccc5c(c4)C(C)(C)c4ccccc4-5)cccc32)C2CC(C)CC1C2. The Hall–Kier alpha value is -6.70. The van der Waals surface area contributed by atoms with Crippen LogP contribution >= 0.6 is 0 Å². The van der Waals surface area contributed by atoms with E-state index >= 15 is 0 Å². The summed E-state index contributed by atoms with van der Waals surface area (Å²) in [6.07, 6.45) is 6.52. The first-order valence-corrected chi connectivity index (χ1v) is 23.1. The molecule has 0 radical (unpaired) electrons. The summed E-state index contributed by atoms with van der Waals surface area (Å²) in [5.41, 5.74) is 23.6. The van der Waals surface area contributed by atoms with Crippen molar-refractivity contribution in [3.05, 3.63) is 222 Å². The van der Waals surface area contributed by atoms with Crippen LogP contribution in [-0.4, -0.2) is 0 Å². The summed E-state index contributed by atoms with van der Waals surface area (Å²) in [7, 11) is 0. The molecule has 0 saturated heterocycles. The second kappa shape index (κ2) is 14.4. The van der Waals surface area contributed by atoms with E-state index in [2.05, 4.69) is 227 Å². The third kappa shape index (κ3) is 5.82. The topological polar surface area (TPSA) is 3.24 Å². The highest BCUT2D eigenvalue weighted by molar-refractivity contribution is 5.97. The quantitative estimate of drug-likeness (QED) is 0.151. The van der Waals surface area contributed by atoms with E-state index < -0.39 is 0 Å². The lowest BCUT2D eigenvalue weighted by molar-refractivity contribution is 0.168. The molecular formula is C62H53N. The maximum Gasteiger partial charge on any atom is 0.0540 e. The predicted molar refractivity (Wildman–Crippen MR) is 265 cm³/mol. The molecule has 8 aromatic rings. The number of hydrogen-bond acceptors (Lipinski definition) is 1. The van der Waals surface area contributed by atoms with Crippen molar-refractivity contribution < 1.29 is 0 Å². The van der Waals surface area contributed by atoms with E-state index in [4.69, 9.17) is 0 Å². The molecule has 12 rings (SSSR count). The Kier molecular flexibility index (Phi) is 8.71. The van der Waals surface area contributed by atoms with Crippen molar-refractivity contribution in [2.75, 3.05) is 4.90 Å². The highest BCUT2D eigenvalue weighted by Gasteiger charge is 2.53. The second-order valence-electron chi connectivity index (χ2n) is 19.5. The van der Waals surface area contributed by atoms with Gasteiger partial charge in [-0.1, -0.05) is 184 Å². The Morgan fingerprint density at radius 2 is 1.05 bits per heavy atom. The van der Waals surface area contributed by atoms with Crippen LogP contribution in [0.3, 0.4) is 0 Å². The van der Waals surface area contributed by atoms with Gasteiger partial charge in [0.05, 0.1) is 5.69 Å². The van der Waals surface area contributed by atoms with Crippen molar-refractivity contribution in [1.29, 1.82) is 0 Å². The zero-order chi connectivity index (χ0) is 42.5. The lowest BCUT2D eigenvalue weighted by Gasteiger charge is -2.49. The van der Waals surface area contributed by atoms with E-state index in [9.17, 15) is 0 Å². The molecule has 1 fully saturated rings.